The molecule has 0 bridgehead atoms. The Balaban J connectivity index is 1.32. The van der Waals surface area contributed by atoms with Gasteiger partial charge in [-0.2, -0.15) is 0 Å². The number of ether oxygens (including phenoxy) is 1. The van der Waals surface area contributed by atoms with Gasteiger partial charge in [-0.15, -0.1) is 0 Å². The highest BCUT2D eigenvalue weighted by Gasteiger charge is 2.34. The maximum Gasteiger partial charge on any atom is 0.232 e. The molecular weight excluding hydrogens is 376 g/mol. The molecule has 3 aromatic rings. The van der Waals surface area contributed by atoms with E-state index < -0.39 is 5.92 Å². The maximum atomic E-state index is 13.2. The third-order valence-corrected chi connectivity index (χ3v) is 5.78. The molecule has 2 amide bonds. The quantitative estimate of drug-likeness (QED) is 0.720. The molecule has 1 unspecified atom stereocenters. The molecule has 0 aromatic heterocycles. The molecule has 5 nitrogen and oxygen atoms in total. The second-order valence-electron chi connectivity index (χ2n) is 7.77. The van der Waals surface area contributed by atoms with Crippen LogP contribution in [-0.2, 0) is 9.59 Å². The van der Waals surface area contributed by atoms with Crippen LogP contribution >= 0.6 is 0 Å². The van der Waals surface area contributed by atoms with Gasteiger partial charge < -0.3 is 15.0 Å². The van der Waals surface area contributed by atoms with Crippen molar-refractivity contribution >= 4 is 17.5 Å². The highest BCUT2D eigenvalue weighted by molar-refractivity contribution is 5.96. The van der Waals surface area contributed by atoms with Gasteiger partial charge in [-0.25, -0.2) is 0 Å². The molecule has 150 valence electrons. The minimum Gasteiger partial charge on any atom is -0.457 e. The van der Waals surface area contributed by atoms with Gasteiger partial charge in [0, 0.05) is 42.2 Å². The van der Waals surface area contributed by atoms with Crippen molar-refractivity contribution in [2.75, 3.05) is 18.0 Å². The lowest BCUT2D eigenvalue weighted by atomic mass is 9.87. The van der Waals surface area contributed by atoms with E-state index in [1.165, 1.54) is 0 Å². The van der Waals surface area contributed by atoms with E-state index in [0.29, 0.717) is 31.0 Å². The van der Waals surface area contributed by atoms with Crippen LogP contribution in [0.4, 0.5) is 5.69 Å². The van der Waals surface area contributed by atoms with Gasteiger partial charge in [-0.05, 0) is 24.3 Å². The fourth-order valence-corrected chi connectivity index (χ4v) is 4.32. The van der Waals surface area contributed by atoms with Crippen molar-refractivity contribution < 1.29 is 14.3 Å². The molecule has 1 N–H and O–H groups in total. The predicted octanol–water partition coefficient (Wildman–Crippen LogP) is 4.09. The number of carbonyl (C=O) groups excluding carboxylic acids is 2. The van der Waals surface area contributed by atoms with Crippen molar-refractivity contribution in [1.82, 2.24) is 5.32 Å². The predicted molar refractivity (Wildman–Crippen MR) is 115 cm³/mol. The normalized spacial score (nSPS) is 17.8. The van der Waals surface area contributed by atoms with Crippen molar-refractivity contribution in [1.29, 1.82) is 0 Å². The lowest BCUT2D eigenvalue weighted by Gasteiger charge is -2.27. The largest absolute Gasteiger partial charge is 0.457 e. The van der Waals surface area contributed by atoms with Crippen LogP contribution in [0, 0.1) is 5.92 Å². The summed E-state index contributed by atoms with van der Waals surface area (Å²) in [4.78, 5) is 27.5. The number of benzene rings is 3. The molecule has 3 aromatic carbocycles. The van der Waals surface area contributed by atoms with E-state index in [9.17, 15) is 9.59 Å². The van der Waals surface area contributed by atoms with Crippen molar-refractivity contribution in [3.05, 3.63) is 90.0 Å². The lowest BCUT2D eigenvalue weighted by molar-refractivity contribution is -0.122. The van der Waals surface area contributed by atoms with Crippen LogP contribution in [0.3, 0.4) is 0 Å². The van der Waals surface area contributed by atoms with Crippen LogP contribution in [0.5, 0.6) is 11.5 Å². The molecule has 30 heavy (non-hydrogen) atoms. The maximum absolute atomic E-state index is 13.2. The molecule has 1 saturated heterocycles. The Morgan fingerprint density at radius 3 is 2.17 bits per heavy atom. The molecule has 1 fully saturated rings. The molecule has 2 aliphatic heterocycles. The zero-order valence-corrected chi connectivity index (χ0v) is 16.5. The van der Waals surface area contributed by atoms with Crippen LogP contribution in [-0.4, -0.2) is 24.9 Å². The summed E-state index contributed by atoms with van der Waals surface area (Å²) >= 11 is 0. The van der Waals surface area contributed by atoms with Crippen LogP contribution in [0.1, 0.15) is 23.5 Å². The Morgan fingerprint density at radius 1 is 0.900 bits per heavy atom. The Kier molecular flexibility index (Phi) is 4.71. The summed E-state index contributed by atoms with van der Waals surface area (Å²) in [6.45, 7) is 1.08. The van der Waals surface area contributed by atoms with E-state index >= 15 is 0 Å². The first-order valence-electron chi connectivity index (χ1n) is 10.2. The second kappa shape index (κ2) is 7.67. The van der Waals surface area contributed by atoms with Gasteiger partial charge in [-0.3, -0.25) is 9.59 Å². The van der Waals surface area contributed by atoms with Crippen molar-refractivity contribution in [2.24, 2.45) is 5.92 Å². The van der Waals surface area contributed by atoms with Gasteiger partial charge >= 0.3 is 0 Å². The number of nitrogens with one attached hydrogen (secondary N) is 1. The summed E-state index contributed by atoms with van der Waals surface area (Å²) in [5.74, 6) is 1.12. The third kappa shape index (κ3) is 3.32. The fourth-order valence-electron chi connectivity index (χ4n) is 4.32. The zero-order valence-electron chi connectivity index (χ0n) is 16.5. The van der Waals surface area contributed by atoms with E-state index in [4.69, 9.17) is 4.74 Å². The number of anilines is 1. The van der Waals surface area contributed by atoms with Crippen LogP contribution in [0.25, 0.3) is 0 Å². The van der Waals surface area contributed by atoms with Crippen molar-refractivity contribution in [2.45, 2.75) is 12.3 Å². The molecule has 0 aliphatic carbocycles. The topological polar surface area (TPSA) is 58.6 Å². The molecule has 2 aliphatic rings. The highest BCUT2D eigenvalue weighted by atomic mass is 16.5. The molecule has 5 rings (SSSR count). The number of amides is 2. The number of hydrogen-bond donors (Lipinski definition) is 1. The second-order valence-corrected chi connectivity index (χ2v) is 7.77. The van der Waals surface area contributed by atoms with Crippen molar-refractivity contribution in [3.8, 4) is 11.5 Å². The molecule has 0 saturated carbocycles. The first kappa shape index (κ1) is 18.4. The smallest absolute Gasteiger partial charge is 0.232 e. The van der Waals surface area contributed by atoms with E-state index in [1.807, 2.05) is 78.9 Å². The average Bonchev–Trinajstić information content (AvgIpc) is 3.17. The number of carbonyl (C=O) groups is 2. The average molecular weight is 398 g/mol. The van der Waals surface area contributed by atoms with E-state index in [0.717, 1.165) is 16.8 Å². The zero-order chi connectivity index (χ0) is 20.5. The van der Waals surface area contributed by atoms with Crippen molar-refractivity contribution in [3.63, 3.8) is 0 Å². The van der Waals surface area contributed by atoms with E-state index in [2.05, 4.69) is 5.32 Å². The van der Waals surface area contributed by atoms with Gasteiger partial charge in [0.15, 0.2) is 0 Å². The Hall–Kier alpha value is -3.60. The minimum absolute atomic E-state index is 0.0659. The number of nitrogens with zero attached hydrogens (tertiary/aromatic N) is 1. The number of rotatable bonds is 4. The van der Waals surface area contributed by atoms with Gasteiger partial charge in [0.1, 0.15) is 11.5 Å². The molecule has 0 spiro atoms. The molecule has 5 heteroatoms. The number of hydrogen-bond acceptors (Lipinski definition) is 3. The molecule has 2 heterocycles. The Labute approximate surface area is 175 Å². The highest BCUT2D eigenvalue weighted by Crippen LogP contribution is 2.43. The van der Waals surface area contributed by atoms with Gasteiger partial charge in [0.25, 0.3) is 0 Å². The third-order valence-electron chi connectivity index (χ3n) is 5.78. The number of fused-ring (bicyclic) bond motifs is 2. The lowest BCUT2D eigenvalue weighted by Crippen LogP contribution is -2.35. The van der Waals surface area contributed by atoms with Gasteiger partial charge in [0.05, 0.1) is 5.92 Å². The summed E-state index contributed by atoms with van der Waals surface area (Å²) in [6.07, 6.45) is 0.441. The molecule has 0 radical (unpaired) electrons. The van der Waals surface area contributed by atoms with E-state index in [-0.39, 0.29) is 17.7 Å². The van der Waals surface area contributed by atoms with E-state index in [1.54, 1.807) is 4.90 Å². The summed E-state index contributed by atoms with van der Waals surface area (Å²) in [5, 5.41) is 3.10. The molecule has 1 atom stereocenters. The minimum atomic E-state index is -0.423. The first-order valence-corrected chi connectivity index (χ1v) is 10.2. The van der Waals surface area contributed by atoms with Gasteiger partial charge in [-0.1, -0.05) is 54.6 Å². The Bertz CT molecular complexity index is 1050. The Morgan fingerprint density at radius 2 is 1.50 bits per heavy atom. The summed E-state index contributed by atoms with van der Waals surface area (Å²) < 4.78 is 5.98. The first-order chi connectivity index (χ1) is 14.7. The van der Waals surface area contributed by atoms with Crippen LogP contribution in [0.15, 0.2) is 78.9 Å². The standard InChI is InChI=1S/C25H22N2O3/c28-23-14-17(16-27(23)18-8-2-1-3-9-18)15-26-25(29)24-19-10-4-6-12-21(19)30-22-13-7-5-11-20(22)24/h1-13,17,24H,14-16H2,(H,26,29). The summed E-state index contributed by atoms with van der Waals surface area (Å²) in [7, 11) is 0. The number of para-hydroxylation sites is 3. The fraction of sp³-hybridized carbons (Fsp3) is 0.200. The SMILES string of the molecule is O=C(NCC1CC(=O)N(c2ccccc2)C1)C1c2ccccc2Oc2ccccc21. The van der Waals surface area contributed by atoms with Crippen LogP contribution < -0.4 is 15.0 Å². The summed E-state index contributed by atoms with van der Waals surface area (Å²) in [5.41, 5.74) is 2.63. The molecular formula is C25H22N2O3. The van der Waals surface area contributed by atoms with Gasteiger partial charge in [0.2, 0.25) is 11.8 Å². The summed E-state index contributed by atoms with van der Waals surface area (Å²) in [6, 6.07) is 25.0. The monoisotopic (exact) mass is 398 g/mol. The van der Waals surface area contributed by atoms with Crippen LogP contribution in [0.2, 0.25) is 0 Å².